The molecular weight excluding hydrogens is 792 g/mol. The molecule has 0 aromatic heterocycles. The molecule has 0 atom stereocenters. The van der Waals surface area contributed by atoms with Crippen LogP contribution in [-0.2, 0) is 76.5 Å². The van der Waals surface area contributed by atoms with Crippen molar-refractivity contribution in [2.24, 2.45) is 5.41 Å². The second-order valence-corrected chi connectivity index (χ2v) is 15.1. The molecule has 13 nitrogen and oxygen atoms in total. The van der Waals surface area contributed by atoms with Crippen molar-refractivity contribution >= 4 is 35.8 Å². The van der Waals surface area contributed by atoms with Gasteiger partial charge < -0.3 is 33.2 Å². The lowest BCUT2D eigenvalue weighted by atomic mass is 9.91. The Morgan fingerprint density at radius 3 is 1.70 bits per heavy atom. The standard InChI is InChI=1S/C47H63FO13/c1-9-11-12-13-14-16-34-18-19-37(39(48)25-34)38-26-36(17-15-24-57-45(53)32(3)4)40(27-35(38)10-2)58-28-47(31-61-46(54)33(5)6,29-59-43(51)22-20-41(49)55-7)30-60-44(52)23-21-42(50)56-8/h18-19,25-27H,3,5,9-17,20-24,28-31H2,1-2,4,6-8H3. The molecule has 2 aromatic carbocycles. The zero-order valence-electron chi connectivity index (χ0n) is 36.7. The first-order valence-corrected chi connectivity index (χ1v) is 20.8. The van der Waals surface area contributed by atoms with Crippen LogP contribution in [0.2, 0.25) is 0 Å². The van der Waals surface area contributed by atoms with Gasteiger partial charge in [0, 0.05) is 16.7 Å². The molecule has 0 aliphatic heterocycles. The van der Waals surface area contributed by atoms with Gasteiger partial charge in [0.25, 0.3) is 0 Å². The Bertz CT molecular complexity index is 1800. The van der Waals surface area contributed by atoms with Crippen molar-refractivity contribution in [3.63, 3.8) is 0 Å². The summed E-state index contributed by atoms with van der Waals surface area (Å²) in [5, 5.41) is 0. The first kappa shape index (κ1) is 51.6. The minimum atomic E-state index is -1.54. The van der Waals surface area contributed by atoms with E-state index in [2.05, 4.69) is 29.6 Å². The van der Waals surface area contributed by atoms with E-state index < -0.39 is 61.1 Å². The predicted molar refractivity (Wildman–Crippen MR) is 226 cm³/mol. The maximum Gasteiger partial charge on any atom is 0.333 e. The van der Waals surface area contributed by atoms with Crippen molar-refractivity contribution in [1.82, 2.24) is 0 Å². The number of hydrogen-bond acceptors (Lipinski definition) is 13. The van der Waals surface area contributed by atoms with Crippen molar-refractivity contribution in [2.75, 3.05) is 47.3 Å². The van der Waals surface area contributed by atoms with E-state index in [1.54, 1.807) is 25.1 Å². The number of benzene rings is 2. The highest BCUT2D eigenvalue weighted by Crippen LogP contribution is 2.35. The summed E-state index contributed by atoms with van der Waals surface area (Å²) in [6.45, 7) is 12.5. The van der Waals surface area contributed by atoms with E-state index in [1.807, 2.05) is 19.1 Å². The third-order valence-corrected chi connectivity index (χ3v) is 9.72. The topological polar surface area (TPSA) is 167 Å². The smallest absolute Gasteiger partial charge is 0.333 e. The molecule has 0 radical (unpaired) electrons. The van der Waals surface area contributed by atoms with Gasteiger partial charge in [-0.15, -0.1) is 0 Å². The number of unbranched alkanes of at least 4 members (excludes halogenated alkanes) is 4. The van der Waals surface area contributed by atoms with Gasteiger partial charge >= 0.3 is 35.8 Å². The van der Waals surface area contributed by atoms with Crippen LogP contribution in [-0.4, -0.2) is 83.1 Å². The minimum Gasteiger partial charge on any atom is -0.492 e. The van der Waals surface area contributed by atoms with Gasteiger partial charge in [-0.05, 0) is 86.4 Å². The predicted octanol–water partition coefficient (Wildman–Crippen LogP) is 8.10. The average Bonchev–Trinajstić information content (AvgIpc) is 3.25. The summed E-state index contributed by atoms with van der Waals surface area (Å²) in [5.41, 5.74) is 2.13. The number of hydrogen-bond donors (Lipinski definition) is 0. The van der Waals surface area contributed by atoms with Crippen molar-refractivity contribution in [3.8, 4) is 16.9 Å². The second kappa shape index (κ2) is 27.3. The number of ether oxygens (including phenoxy) is 7. The van der Waals surface area contributed by atoms with Gasteiger partial charge in [-0.3, -0.25) is 19.2 Å². The molecule has 336 valence electrons. The quantitative estimate of drug-likeness (QED) is 0.0334. The number of carbonyl (C=O) groups is 6. The van der Waals surface area contributed by atoms with Crippen LogP contribution in [0, 0.1) is 11.2 Å². The highest BCUT2D eigenvalue weighted by atomic mass is 19.1. The van der Waals surface area contributed by atoms with Gasteiger partial charge in [0.1, 0.15) is 43.4 Å². The highest BCUT2D eigenvalue weighted by Gasteiger charge is 2.38. The molecule has 14 heteroatoms. The summed E-state index contributed by atoms with van der Waals surface area (Å²) in [4.78, 5) is 74.0. The molecule has 2 rings (SSSR count). The minimum absolute atomic E-state index is 0.0567. The van der Waals surface area contributed by atoms with Crippen molar-refractivity contribution < 1.29 is 66.3 Å². The van der Waals surface area contributed by atoms with E-state index in [1.165, 1.54) is 27.6 Å². The highest BCUT2D eigenvalue weighted by molar-refractivity contribution is 5.87. The van der Waals surface area contributed by atoms with Crippen LogP contribution in [0.1, 0.15) is 109 Å². The molecule has 0 aliphatic rings. The molecule has 0 spiro atoms. The van der Waals surface area contributed by atoms with Gasteiger partial charge in [-0.25, -0.2) is 14.0 Å². The van der Waals surface area contributed by atoms with Gasteiger partial charge in [-0.2, -0.15) is 0 Å². The first-order valence-electron chi connectivity index (χ1n) is 20.8. The van der Waals surface area contributed by atoms with E-state index in [0.717, 1.165) is 43.2 Å². The average molecular weight is 855 g/mol. The Hall–Kier alpha value is -5.53. The molecular formula is C47H63FO13. The lowest BCUT2D eigenvalue weighted by Crippen LogP contribution is -2.44. The Balaban J connectivity index is 2.62. The van der Waals surface area contributed by atoms with E-state index in [4.69, 9.17) is 23.7 Å². The molecule has 0 N–H and O–H groups in total. The fourth-order valence-electron chi connectivity index (χ4n) is 6.00. The van der Waals surface area contributed by atoms with Gasteiger partial charge in [0.05, 0.1) is 46.5 Å². The molecule has 0 saturated heterocycles. The largest absolute Gasteiger partial charge is 0.492 e. The van der Waals surface area contributed by atoms with E-state index >= 15 is 4.39 Å². The molecule has 0 unspecified atom stereocenters. The maximum atomic E-state index is 16.0. The number of carbonyl (C=O) groups excluding carboxylic acids is 6. The van der Waals surface area contributed by atoms with Crippen LogP contribution in [0.3, 0.4) is 0 Å². The molecule has 0 saturated carbocycles. The number of aryl methyl sites for hydroxylation is 3. The summed E-state index contributed by atoms with van der Waals surface area (Å²) < 4.78 is 53.7. The zero-order valence-corrected chi connectivity index (χ0v) is 36.7. The van der Waals surface area contributed by atoms with E-state index in [0.29, 0.717) is 41.7 Å². The van der Waals surface area contributed by atoms with Crippen molar-refractivity contribution in [2.45, 2.75) is 111 Å². The molecule has 0 bridgehead atoms. The Labute approximate surface area is 359 Å². The van der Waals surface area contributed by atoms with Crippen molar-refractivity contribution in [3.05, 3.63) is 77.1 Å². The lowest BCUT2D eigenvalue weighted by molar-refractivity contribution is -0.165. The normalized spacial score (nSPS) is 10.9. The van der Waals surface area contributed by atoms with Crippen LogP contribution in [0.4, 0.5) is 4.39 Å². The summed E-state index contributed by atoms with van der Waals surface area (Å²) in [5.74, 6) is -4.17. The molecule has 0 fully saturated rings. The number of methoxy groups -OCH3 is 2. The summed E-state index contributed by atoms with van der Waals surface area (Å²) in [6, 6.07) is 8.92. The Kier molecular flexibility index (Phi) is 23.1. The number of halogens is 1. The molecule has 0 amide bonds. The van der Waals surface area contributed by atoms with Crippen LogP contribution in [0.25, 0.3) is 11.1 Å². The summed E-state index contributed by atoms with van der Waals surface area (Å²) in [6.07, 6.45) is 6.27. The van der Waals surface area contributed by atoms with Gasteiger partial charge in [0.15, 0.2) is 0 Å². The second-order valence-electron chi connectivity index (χ2n) is 15.1. The van der Waals surface area contributed by atoms with Crippen LogP contribution in [0.15, 0.2) is 54.6 Å². The maximum absolute atomic E-state index is 16.0. The third kappa shape index (κ3) is 18.7. The SMILES string of the molecule is C=C(C)C(=O)OCCCc1cc(-c2ccc(CCCCCCC)cc2F)c(CC)cc1OCC(COC(=O)CCC(=O)OC)(COC(=O)CCC(=O)OC)COC(=O)C(=C)C. The first-order chi connectivity index (χ1) is 29.1. The van der Waals surface area contributed by atoms with Crippen LogP contribution < -0.4 is 4.74 Å². The molecule has 0 heterocycles. The lowest BCUT2D eigenvalue weighted by Gasteiger charge is -2.32. The Morgan fingerprint density at radius 2 is 1.16 bits per heavy atom. The number of rotatable bonds is 29. The van der Waals surface area contributed by atoms with Crippen LogP contribution >= 0.6 is 0 Å². The van der Waals surface area contributed by atoms with E-state index in [9.17, 15) is 28.8 Å². The zero-order chi connectivity index (χ0) is 45.4. The Morgan fingerprint density at radius 1 is 0.607 bits per heavy atom. The number of esters is 6. The van der Waals surface area contributed by atoms with Crippen LogP contribution in [0.5, 0.6) is 5.75 Å². The summed E-state index contributed by atoms with van der Waals surface area (Å²) >= 11 is 0. The van der Waals surface area contributed by atoms with Gasteiger partial charge in [-0.1, -0.05) is 64.8 Å². The summed E-state index contributed by atoms with van der Waals surface area (Å²) in [7, 11) is 2.37. The fourth-order valence-corrected chi connectivity index (χ4v) is 6.00. The molecule has 0 aliphatic carbocycles. The van der Waals surface area contributed by atoms with E-state index in [-0.39, 0.29) is 55.9 Å². The molecule has 2 aromatic rings. The fraction of sp³-hybridized carbons (Fsp3) is 0.532. The van der Waals surface area contributed by atoms with Crippen molar-refractivity contribution in [1.29, 1.82) is 0 Å². The van der Waals surface area contributed by atoms with Gasteiger partial charge in [0.2, 0.25) is 0 Å². The monoisotopic (exact) mass is 854 g/mol. The molecule has 61 heavy (non-hydrogen) atoms. The third-order valence-electron chi connectivity index (χ3n) is 9.72.